The molecule has 3 N–H and O–H groups in total. The molecule has 0 fully saturated rings. The molecule has 0 aliphatic heterocycles. The molecule has 0 saturated carbocycles. The molecule has 0 aromatic heterocycles. The van der Waals surface area contributed by atoms with Crippen LogP contribution in [-0.4, -0.2) is 58.7 Å². The van der Waals surface area contributed by atoms with Crippen LogP contribution in [0.2, 0.25) is 0 Å². The lowest BCUT2D eigenvalue weighted by molar-refractivity contribution is 0.0519. The van der Waals surface area contributed by atoms with Gasteiger partial charge in [0.25, 0.3) is 0 Å². The van der Waals surface area contributed by atoms with Crippen molar-refractivity contribution in [3.05, 3.63) is 25.3 Å². The summed E-state index contributed by atoms with van der Waals surface area (Å²) in [6.45, 7) is 9.02. The summed E-state index contributed by atoms with van der Waals surface area (Å²) in [7, 11) is 0. The quantitative estimate of drug-likeness (QED) is 0.264. The Labute approximate surface area is 148 Å². The van der Waals surface area contributed by atoms with Crippen LogP contribution in [0.1, 0.15) is 64.2 Å². The second kappa shape index (κ2) is 17.2. The van der Waals surface area contributed by atoms with Crippen LogP contribution in [0.15, 0.2) is 25.3 Å². The second-order valence-electron chi connectivity index (χ2n) is 6.64. The van der Waals surface area contributed by atoms with Crippen molar-refractivity contribution in [2.24, 2.45) is 0 Å². The van der Waals surface area contributed by atoms with Crippen molar-refractivity contribution in [2.75, 3.05) is 26.2 Å². The molecule has 2 unspecified atom stereocenters. The van der Waals surface area contributed by atoms with E-state index in [0.29, 0.717) is 19.6 Å². The average Bonchev–Trinajstić information content (AvgIpc) is 2.54. The number of rotatable bonds is 18. The van der Waals surface area contributed by atoms with Crippen molar-refractivity contribution in [3.8, 4) is 0 Å². The first-order valence-electron chi connectivity index (χ1n) is 9.55. The Hall–Kier alpha value is -0.680. The van der Waals surface area contributed by atoms with Crippen molar-refractivity contribution < 1.29 is 15.3 Å². The van der Waals surface area contributed by atoms with Gasteiger partial charge in [0.1, 0.15) is 0 Å². The summed E-state index contributed by atoms with van der Waals surface area (Å²) >= 11 is 0. The molecular formula is C20H39NO3. The number of allylic oxidation sites excluding steroid dienone is 2. The summed E-state index contributed by atoms with van der Waals surface area (Å²) in [4.78, 5) is 1.98. The van der Waals surface area contributed by atoms with E-state index in [1.165, 1.54) is 0 Å². The molecule has 4 heteroatoms. The molecule has 24 heavy (non-hydrogen) atoms. The molecular weight excluding hydrogens is 302 g/mol. The van der Waals surface area contributed by atoms with Crippen LogP contribution in [0.25, 0.3) is 0 Å². The summed E-state index contributed by atoms with van der Waals surface area (Å²) in [6.07, 6.45) is 13.2. The lowest BCUT2D eigenvalue weighted by Crippen LogP contribution is -2.39. The smallest absolute Gasteiger partial charge is 0.0667 e. The average molecular weight is 342 g/mol. The molecule has 0 heterocycles. The number of unbranched alkanes of at least 4 members (excludes halogenated alkanes) is 6. The molecule has 142 valence electrons. The van der Waals surface area contributed by atoms with Crippen LogP contribution >= 0.6 is 0 Å². The van der Waals surface area contributed by atoms with Gasteiger partial charge in [-0.15, -0.1) is 13.2 Å². The fourth-order valence-electron chi connectivity index (χ4n) is 2.87. The normalized spacial score (nSPS) is 13.8. The lowest BCUT2D eigenvalue weighted by atomic mass is 10.1. The summed E-state index contributed by atoms with van der Waals surface area (Å²) in [5.74, 6) is 0. The first-order valence-corrected chi connectivity index (χ1v) is 9.55. The molecule has 0 saturated heterocycles. The molecule has 0 spiro atoms. The minimum atomic E-state index is -0.389. The first kappa shape index (κ1) is 23.3. The van der Waals surface area contributed by atoms with Gasteiger partial charge in [-0.25, -0.2) is 0 Å². The summed E-state index contributed by atoms with van der Waals surface area (Å²) < 4.78 is 0. The van der Waals surface area contributed by atoms with Crippen LogP contribution in [-0.2, 0) is 0 Å². The fourth-order valence-corrected chi connectivity index (χ4v) is 2.87. The molecule has 0 aromatic carbocycles. The van der Waals surface area contributed by atoms with E-state index in [9.17, 15) is 15.3 Å². The molecule has 4 nitrogen and oxygen atoms in total. The highest BCUT2D eigenvalue weighted by Gasteiger charge is 2.15. The third kappa shape index (κ3) is 14.9. The Bertz CT molecular complexity index is 271. The van der Waals surface area contributed by atoms with Crippen LogP contribution in [0, 0.1) is 0 Å². The maximum atomic E-state index is 10.2. The molecule has 0 aliphatic carbocycles. The van der Waals surface area contributed by atoms with Crippen LogP contribution in [0.4, 0.5) is 0 Å². The maximum absolute atomic E-state index is 10.2. The van der Waals surface area contributed by atoms with E-state index < -0.39 is 0 Å². The summed E-state index contributed by atoms with van der Waals surface area (Å²) in [5.41, 5.74) is 0. The Morgan fingerprint density at radius 2 is 1.21 bits per heavy atom. The Balaban J connectivity index is 3.91. The van der Waals surface area contributed by atoms with Crippen LogP contribution in [0.5, 0.6) is 0 Å². The molecule has 0 aliphatic rings. The van der Waals surface area contributed by atoms with Gasteiger partial charge in [-0.2, -0.15) is 0 Å². The van der Waals surface area contributed by atoms with Gasteiger partial charge in [0.05, 0.1) is 18.8 Å². The molecule has 0 aromatic rings. The van der Waals surface area contributed by atoms with Crippen molar-refractivity contribution >= 4 is 0 Å². The zero-order valence-corrected chi connectivity index (χ0v) is 15.4. The van der Waals surface area contributed by atoms with E-state index in [0.717, 1.165) is 64.2 Å². The minimum Gasteiger partial charge on any atom is -0.395 e. The van der Waals surface area contributed by atoms with Gasteiger partial charge in [-0.1, -0.05) is 37.8 Å². The van der Waals surface area contributed by atoms with Gasteiger partial charge in [0.2, 0.25) is 0 Å². The number of hydrogen-bond acceptors (Lipinski definition) is 4. The Morgan fingerprint density at radius 3 is 1.58 bits per heavy atom. The topological polar surface area (TPSA) is 63.9 Å². The standard InChI is InChI=1S/C20H39NO3/c1-3-5-7-9-11-13-19(23)17-21(15-16-22)18-20(24)14-12-10-8-6-4-2/h3-4,19-20,22-24H,1-2,5-18H2. The monoisotopic (exact) mass is 341 g/mol. The SMILES string of the molecule is C=CCCCCCC(O)CN(CCO)CC(O)CCCCCC=C. The van der Waals surface area contributed by atoms with Gasteiger partial charge in [0, 0.05) is 19.6 Å². The zero-order chi connectivity index (χ0) is 18.0. The predicted molar refractivity (Wildman–Crippen MR) is 102 cm³/mol. The first-order chi connectivity index (χ1) is 11.6. The highest BCUT2D eigenvalue weighted by Crippen LogP contribution is 2.10. The van der Waals surface area contributed by atoms with Crippen molar-refractivity contribution in [2.45, 2.75) is 76.4 Å². The van der Waals surface area contributed by atoms with Crippen molar-refractivity contribution in [1.82, 2.24) is 4.90 Å². The van der Waals surface area contributed by atoms with E-state index >= 15 is 0 Å². The number of aliphatic hydroxyl groups is 3. The van der Waals surface area contributed by atoms with Gasteiger partial charge in [0.15, 0.2) is 0 Å². The predicted octanol–water partition coefficient (Wildman–Crippen LogP) is 3.28. The highest BCUT2D eigenvalue weighted by atomic mass is 16.3. The third-order valence-corrected chi connectivity index (χ3v) is 4.25. The largest absolute Gasteiger partial charge is 0.395 e. The zero-order valence-electron chi connectivity index (χ0n) is 15.4. The van der Waals surface area contributed by atoms with Gasteiger partial charge < -0.3 is 15.3 Å². The summed E-state index contributed by atoms with van der Waals surface area (Å²) in [6, 6.07) is 0. The van der Waals surface area contributed by atoms with Crippen molar-refractivity contribution in [3.63, 3.8) is 0 Å². The molecule has 0 rings (SSSR count). The van der Waals surface area contributed by atoms with Crippen LogP contribution in [0.3, 0.4) is 0 Å². The third-order valence-electron chi connectivity index (χ3n) is 4.25. The molecule has 2 atom stereocenters. The number of nitrogens with zero attached hydrogens (tertiary/aromatic N) is 1. The Kier molecular flexibility index (Phi) is 16.7. The van der Waals surface area contributed by atoms with Crippen LogP contribution < -0.4 is 0 Å². The van der Waals surface area contributed by atoms with E-state index in [1.54, 1.807) is 0 Å². The summed E-state index contributed by atoms with van der Waals surface area (Å²) in [5, 5.41) is 29.5. The second-order valence-corrected chi connectivity index (χ2v) is 6.64. The molecule has 0 radical (unpaired) electrons. The molecule has 0 amide bonds. The minimum absolute atomic E-state index is 0.0537. The van der Waals surface area contributed by atoms with Crippen molar-refractivity contribution in [1.29, 1.82) is 0 Å². The maximum Gasteiger partial charge on any atom is 0.0667 e. The van der Waals surface area contributed by atoms with Gasteiger partial charge in [-0.05, 0) is 38.5 Å². The van der Waals surface area contributed by atoms with E-state index in [4.69, 9.17) is 0 Å². The van der Waals surface area contributed by atoms with E-state index in [1.807, 2.05) is 17.1 Å². The Morgan fingerprint density at radius 1 is 0.750 bits per heavy atom. The molecule has 0 bridgehead atoms. The highest BCUT2D eigenvalue weighted by molar-refractivity contribution is 4.71. The fraction of sp³-hybridized carbons (Fsp3) is 0.800. The number of aliphatic hydroxyl groups excluding tert-OH is 3. The van der Waals surface area contributed by atoms with E-state index in [-0.39, 0.29) is 18.8 Å². The van der Waals surface area contributed by atoms with Gasteiger partial charge >= 0.3 is 0 Å². The lowest BCUT2D eigenvalue weighted by Gasteiger charge is -2.26. The van der Waals surface area contributed by atoms with E-state index in [2.05, 4.69) is 13.2 Å². The number of hydrogen-bond donors (Lipinski definition) is 3. The van der Waals surface area contributed by atoms with Gasteiger partial charge in [-0.3, -0.25) is 4.90 Å².